The summed E-state index contributed by atoms with van der Waals surface area (Å²) >= 11 is 4.41. The molecule has 2 rings (SSSR count). The highest BCUT2D eigenvalue weighted by atomic mass is 32.1. The molecule has 0 saturated carbocycles. The Morgan fingerprint density at radius 1 is 1.11 bits per heavy atom. The molecule has 0 aliphatic heterocycles. The molecule has 18 heavy (non-hydrogen) atoms. The zero-order chi connectivity index (χ0) is 13.3. The Balaban J connectivity index is 2.70. The van der Waals surface area contributed by atoms with Crippen molar-refractivity contribution in [2.45, 2.75) is 18.4 Å². The number of aryl methyl sites for hydroxylation is 1. The second-order valence-electron chi connectivity index (χ2n) is 4.12. The predicted molar refractivity (Wildman–Crippen MR) is 73.1 cm³/mol. The summed E-state index contributed by atoms with van der Waals surface area (Å²) in [6, 6.07) is 8.10. The lowest BCUT2D eigenvalue weighted by atomic mass is 9.97. The Morgan fingerprint density at radius 2 is 1.83 bits per heavy atom. The molecule has 0 aliphatic carbocycles. The number of hydrogen-bond donors (Lipinski definition) is 4. The highest BCUT2D eigenvalue weighted by molar-refractivity contribution is 7.80. The van der Waals surface area contributed by atoms with E-state index in [1.807, 2.05) is 13.0 Å². The third kappa shape index (κ3) is 2.17. The lowest BCUT2D eigenvalue weighted by molar-refractivity contribution is 0.279. The van der Waals surface area contributed by atoms with E-state index in [1.54, 1.807) is 12.1 Å². The van der Waals surface area contributed by atoms with E-state index in [0.29, 0.717) is 16.0 Å². The first-order chi connectivity index (χ1) is 8.54. The Kier molecular flexibility index (Phi) is 3.50. The lowest BCUT2D eigenvalue weighted by Crippen LogP contribution is -1.93. The molecular weight excluding hydrogens is 248 g/mol. The van der Waals surface area contributed by atoms with Gasteiger partial charge in [0.25, 0.3) is 0 Å². The van der Waals surface area contributed by atoms with Gasteiger partial charge >= 0.3 is 0 Å². The van der Waals surface area contributed by atoms with Gasteiger partial charge < -0.3 is 15.3 Å². The van der Waals surface area contributed by atoms with Gasteiger partial charge in [-0.25, -0.2) is 0 Å². The van der Waals surface area contributed by atoms with Crippen LogP contribution in [0.4, 0.5) is 0 Å². The zero-order valence-corrected chi connectivity index (χ0v) is 10.8. The minimum Gasteiger partial charge on any atom is -0.508 e. The number of phenols is 2. The maximum absolute atomic E-state index is 9.90. The molecule has 0 bridgehead atoms. The molecule has 0 fully saturated rings. The normalized spacial score (nSPS) is 10.6. The predicted octanol–water partition coefficient (Wildman–Crippen LogP) is 2.85. The minimum absolute atomic E-state index is 0.00734. The summed E-state index contributed by atoms with van der Waals surface area (Å²) in [6.07, 6.45) is 0. The summed E-state index contributed by atoms with van der Waals surface area (Å²) in [4.78, 5) is 0.637. The van der Waals surface area contributed by atoms with Gasteiger partial charge in [-0.1, -0.05) is 12.1 Å². The van der Waals surface area contributed by atoms with Crippen molar-refractivity contribution in [3.05, 3.63) is 41.5 Å². The van der Waals surface area contributed by atoms with Crippen LogP contribution in [-0.4, -0.2) is 15.3 Å². The largest absolute Gasteiger partial charge is 0.508 e. The van der Waals surface area contributed by atoms with Crippen LogP contribution in [0.5, 0.6) is 11.5 Å². The lowest BCUT2D eigenvalue weighted by Gasteiger charge is -2.14. The molecule has 0 heterocycles. The van der Waals surface area contributed by atoms with Crippen molar-refractivity contribution in [1.82, 2.24) is 0 Å². The molecule has 0 amide bonds. The van der Waals surface area contributed by atoms with Crippen molar-refractivity contribution >= 4 is 12.6 Å². The Labute approximate surface area is 111 Å². The number of thiol groups is 1. The van der Waals surface area contributed by atoms with E-state index in [4.69, 9.17) is 0 Å². The first-order valence-electron chi connectivity index (χ1n) is 5.49. The van der Waals surface area contributed by atoms with Gasteiger partial charge in [0.2, 0.25) is 0 Å². The Hall–Kier alpha value is -1.65. The van der Waals surface area contributed by atoms with E-state index in [0.717, 1.165) is 11.1 Å². The van der Waals surface area contributed by atoms with E-state index in [9.17, 15) is 15.3 Å². The van der Waals surface area contributed by atoms with Crippen LogP contribution >= 0.6 is 12.6 Å². The molecule has 0 spiro atoms. The molecule has 2 aromatic rings. The van der Waals surface area contributed by atoms with Crippen molar-refractivity contribution in [3.8, 4) is 22.6 Å². The molecule has 0 unspecified atom stereocenters. The maximum Gasteiger partial charge on any atom is 0.127 e. The van der Waals surface area contributed by atoms with Gasteiger partial charge in [-0.05, 0) is 30.2 Å². The maximum atomic E-state index is 9.90. The third-order valence-corrected chi connectivity index (χ3v) is 3.40. The van der Waals surface area contributed by atoms with Crippen LogP contribution in [0.1, 0.15) is 11.1 Å². The van der Waals surface area contributed by atoms with Gasteiger partial charge in [-0.15, -0.1) is 12.6 Å². The molecule has 0 atom stereocenters. The fourth-order valence-electron chi connectivity index (χ4n) is 1.93. The van der Waals surface area contributed by atoms with Crippen molar-refractivity contribution < 1.29 is 15.3 Å². The number of phenolic OH excluding ortho intramolecular Hbond substituents is 2. The van der Waals surface area contributed by atoms with Gasteiger partial charge in [0, 0.05) is 22.1 Å². The number of benzene rings is 2. The van der Waals surface area contributed by atoms with E-state index in [1.165, 1.54) is 12.1 Å². The number of hydrogen-bond acceptors (Lipinski definition) is 4. The monoisotopic (exact) mass is 262 g/mol. The molecule has 0 aliphatic rings. The second-order valence-corrected chi connectivity index (χ2v) is 4.57. The van der Waals surface area contributed by atoms with Crippen molar-refractivity contribution in [3.63, 3.8) is 0 Å². The smallest absolute Gasteiger partial charge is 0.127 e. The molecular formula is C14H14O3S. The zero-order valence-electron chi connectivity index (χ0n) is 9.88. The third-order valence-electron chi connectivity index (χ3n) is 2.89. The van der Waals surface area contributed by atoms with Gasteiger partial charge in [-0.2, -0.15) is 0 Å². The molecule has 0 radical (unpaired) electrons. The summed E-state index contributed by atoms with van der Waals surface area (Å²) in [5.74, 6) is -0.00331. The van der Waals surface area contributed by atoms with Crippen LogP contribution in [-0.2, 0) is 6.61 Å². The van der Waals surface area contributed by atoms with E-state index < -0.39 is 0 Å². The summed E-state index contributed by atoms with van der Waals surface area (Å²) in [5.41, 5.74) is 3.00. The number of rotatable bonds is 2. The SMILES string of the molecule is Cc1ccc(CO)c(S)c1-c1ccc(O)cc1O. The number of aliphatic hydroxyl groups excluding tert-OH is 1. The molecule has 94 valence electrons. The van der Waals surface area contributed by atoms with E-state index in [-0.39, 0.29) is 18.1 Å². The minimum atomic E-state index is -0.106. The van der Waals surface area contributed by atoms with E-state index in [2.05, 4.69) is 12.6 Å². The van der Waals surface area contributed by atoms with Gasteiger partial charge in [0.15, 0.2) is 0 Å². The standard InChI is InChI=1S/C14H14O3S/c1-8-2-3-9(7-15)14(18)13(8)11-5-4-10(16)6-12(11)17/h2-6,15-18H,7H2,1H3. The average molecular weight is 262 g/mol. The summed E-state index contributed by atoms with van der Waals surface area (Å²) in [7, 11) is 0. The molecule has 3 nitrogen and oxygen atoms in total. The van der Waals surface area contributed by atoms with Gasteiger partial charge in [0.1, 0.15) is 11.5 Å². The summed E-state index contributed by atoms with van der Waals surface area (Å²) < 4.78 is 0. The molecule has 2 aromatic carbocycles. The summed E-state index contributed by atoms with van der Waals surface area (Å²) in [6.45, 7) is 1.80. The van der Waals surface area contributed by atoms with Gasteiger partial charge in [-0.3, -0.25) is 0 Å². The Morgan fingerprint density at radius 3 is 2.44 bits per heavy atom. The second kappa shape index (κ2) is 4.92. The highest BCUT2D eigenvalue weighted by Gasteiger charge is 2.13. The van der Waals surface area contributed by atoms with Crippen molar-refractivity contribution in [1.29, 1.82) is 0 Å². The molecule has 4 heteroatoms. The first kappa shape index (κ1) is 12.8. The van der Waals surface area contributed by atoms with Crippen LogP contribution < -0.4 is 0 Å². The van der Waals surface area contributed by atoms with Crippen LogP contribution in [0.15, 0.2) is 35.2 Å². The van der Waals surface area contributed by atoms with Crippen molar-refractivity contribution in [2.75, 3.05) is 0 Å². The van der Waals surface area contributed by atoms with Crippen LogP contribution in [0.25, 0.3) is 11.1 Å². The van der Waals surface area contributed by atoms with Gasteiger partial charge in [0.05, 0.1) is 6.61 Å². The topological polar surface area (TPSA) is 60.7 Å². The fourth-order valence-corrected chi connectivity index (χ4v) is 2.38. The Bertz CT molecular complexity index is 594. The first-order valence-corrected chi connectivity index (χ1v) is 5.94. The molecule has 3 N–H and O–H groups in total. The average Bonchev–Trinajstić information content (AvgIpc) is 2.32. The number of aromatic hydroxyl groups is 2. The quantitative estimate of drug-likeness (QED) is 0.629. The van der Waals surface area contributed by atoms with Crippen LogP contribution in [0.3, 0.4) is 0 Å². The fraction of sp³-hybridized carbons (Fsp3) is 0.143. The van der Waals surface area contributed by atoms with Crippen molar-refractivity contribution in [2.24, 2.45) is 0 Å². The van der Waals surface area contributed by atoms with Crippen LogP contribution in [0, 0.1) is 6.92 Å². The number of aliphatic hydroxyl groups is 1. The van der Waals surface area contributed by atoms with E-state index >= 15 is 0 Å². The highest BCUT2D eigenvalue weighted by Crippen LogP contribution is 2.38. The van der Waals surface area contributed by atoms with Crippen LogP contribution in [0.2, 0.25) is 0 Å². The molecule has 0 saturated heterocycles. The molecule has 0 aromatic heterocycles. The summed E-state index contributed by atoms with van der Waals surface area (Å²) in [5, 5.41) is 28.4.